The number of aromatic nitrogens is 1. The lowest BCUT2D eigenvalue weighted by Gasteiger charge is -2.01. The highest BCUT2D eigenvalue weighted by molar-refractivity contribution is 5.79. The van der Waals surface area contributed by atoms with E-state index >= 15 is 0 Å². The molecule has 0 saturated carbocycles. The Labute approximate surface area is 105 Å². The van der Waals surface area contributed by atoms with Crippen LogP contribution in [0, 0.1) is 13.8 Å². The molecule has 0 spiro atoms. The second kappa shape index (κ2) is 3.88. The Kier molecular flexibility index (Phi) is 2.33. The SMILES string of the molecule is Cc1ccc(-c2nc3ccc(N)cc3o2)cc1C. The van der Waals surface area contributed by atoms with Crippen LogP contribution in [0.3, 0.4) is 0 Å². The zero-order valence-electron chi connectivity index (χ0n) is 10.4. The minimum Gasteiger partial charge on any atom is -0.436 e. The molecule has 0 bridgehead atoms. The van der Waals surface area contributed by atoms with Crippen molar-refractivity contribution >= 4 is 16.8 Å². The maximum absolute atomic E-state index is 5.74. The van der Waals surface area contributed by atoms with Gasteiger partial charge >= 0.3 is 0 Å². The molecule has 18 heavy (non-hydrogen) atoms. The average Bonchev–Trinajstić information content (AvgIpc) is 2.75. The van der Waals surface area contributed by atoms with Crippen molar-refractivity contribution in [1.82, 2.24) is 4.98 Å². The van der Waals surface area contributed by atoms with Gasteiger partial charge in [-0.25, -0.2) is 4.98 Å². The van der Waals surface area contributed by atoms with Gasteiger partial charge in [0.2, 0.25) is 5.89 Å². The van der Waals surface area contributed by atoms with E-state index in [0.29, 0.717) is 11.6 Å². The summed E-state index contributed by atoms with van der Waals surface area (Å²) in [5, 5.41) is 0. The van der Waals surface area contributed by atoms with Gasteiger partial charge in [-0.3, -0.25) is 0 Å². The van der Waals surface area contributed by atoms with Gasteiger partial charge in [0.1, 0.15) is 5.52 Å². The minimum atomic E-state index is 0.638. The third-order valence-electron chi connectivity index (χ3n) is 3.17. The number of aryl methyl sites for hydroxylation is 2. The van der Waals surface area contributed by atoms with E-state index in [9.17, 15) is 0 Å². The second-order valence-corrected chi connectivity index (χ2v) is 4.55. The highest BCUT2D eigenvalue weighted by Gasteiger charge is 2.08. The van der Waals surface area contributed by atoms with Crippen molar-refractivity contribution in [2.45, 2.75) is 13.8 Å². The molecule has 0 radical (unpaired) electrons. The number of anilines is 1. The fraction of sp³-hybridized carbons (Fsp3) is 0.133. The summed E-state index contributed by atoms with van der Waals surface area (Å²) in [7, 11) is 0. The van der Waals surface area contributed by atoms with E-state index in [2.05, 4.69) is 31.0 Å². The summed E-state index contributed by atoms with van der Waals surface area (Å²) >= 11 is 0. The molecule has 90 valence electrons. The molecule has 2 N–H and O–H groups in total. The van der Waals surface area contributed by atoms with Crippen molar-refractivity contribution in [3.05, 3.63) is 47.5 Å². The molecule has 1 aromatic heterocycles. The number of oxazole rings is 1. The van der Waals surface area contributed by atoms with Gasteiger partial charge in [-0.05, 0) is 49.2 Å². The van der Waals surface area contributed by atoms with Gasteiger partial charge < -0.3 is 10.2 Å². The van der Waals surface area contributed by atoms with Gasteiger partial charge in [0.05, 0.1) is 0 Å². The van der Waals surface area contributed by atoms with E-state index in [1.807, 2.05) is 18.2 Å². The Morgan fingerprint density at radius 2 is 1.83 bits per heavy atom. The summed E-state index contributed by atoms with van der Waals surface area (Å²) in [6, 6.07) is 11.7. The molecule has 1 heterocycles. The molecular formula is C15H14N2O. The molecule has 3 nitrogen and oxygen atoms in total. The fourth-order valence-corrected chi connectivity index (χ4v) is 1.94. The van der Waals surface area contributed by atoms with Gasteiger partial charge in [0, 0.05) is 17.3 Å². The van der Waals surface area contributed by atoms with Crippen molar-refractivity contribution in [1.29, 1.82) is 0 Å². The molecule has 0 amide bonds. The van der Waals surface area contributed by atoms with Crippen LogP contribution in [0.15, 0.2) is 40.8 Å². The smallest absolute Gasteiger partial charge is 0.227 e. The standard InChI is InChI=1S/C15H14N2O/c1-9-3-4-11(7-10(9)2)15-17-13-6-5-12(16)8-14(13)18-15/h3-8H,16H2,1-2H3. The summed E-state index contributed by atoms with van der Waals surface area (Å²) in [5.41, 5.74) is 11.5. The van der Waals surface area contributed by atoms with Gasteiger partial charge in [0.25, 0.3) is 0 Å². The van der Waals surface area contributed by atoms with E-state index in [1.165, 1.54) is 11.1 Å². The van der Waals surface area contributed by atoms with Gasteiger partial charge in [-0.2, -0.15) is 0 Å². The van der Waals surface area contributed by atoms with Crippen LogP contribution >= 0.6 is 0 Å². The van der Waals surface area contributed by atoms with E-state index in [0.717, 1.165) is 16.7 Å². The zero-order valence-corrected chi connectivity index (χ0v) is 10.4. The number of nitrogens with two attached hydrogens (primary N) is 1. The molecule has 0 saturated heterocycles. The van der Waals surface area contributed by atoms with Crippen molar-refractivity contribution in [2.75, 3.05) is 5.73 Å². The molecule has 3 aromatic rings. The zero-order chi connectivity index (χ0) is 12.7. The summed E-state index contributed by atoms with van der Waals surface area (Å²) in [4.78, 5) is 4.47. The highest BCUT2D eigenvalue weighted by Crippen LogP contribution is 2.26. The predicted molar refractivity (Wildman–Crippen MR) is 73.3 cm³/mol. The molecular weight excluding hydrogens is 224 g/mol. The Morgan fingerprint density at radius 3 is 2.61 bits per heavy atom. The maximum Gasteiger partial charge on any atom is 0.227 e. The van der Waals surface area contributed by atoms with Crippen LogP contribution in [0.5, 0.6) is 0 Å². The normalized spacial score (nSPS) is 11.0. The van der Waals surface area contributed by atoms with Crippen molar-refractivity contribution in [3.63, 3.8) is 0 Å². The molecule has 0 atom stereocenters. The van der Waals surface area contributed by atoms with E-state index in [4.69, 9.17) is 10.2 Å². The Morgan fingerprint density at radius 1 is 1.00 bits per heavy atom. The monoisotopic (exact) mass is 238 g/mol. The Hall–Kier alpha value is -2.29. The number of benzene rings is 2. The lowest BCUT2D eigenvalue weighted by atomic mass is 10.1. The number of nitrogen functional groups attached to an aromatic ring is 1. The second-order valence-electron chi connectivity index (χ2n) is 4.55. The topological polar surface area (TPSA) is 52.0 Å². The van der Waals surface area contributed by atoms with Crippen LogP contribution in [-0.2, 0) is 0 Å². The first-order chi connectivity index (χ1) is 8.63. The van der Waals surface area contributed by atoms with Crippen molar-refractivity contribution in [3.8, 4) is 11.5 Å². The van der Waals surface area contributed by atoms with E-state index in [1.54, 1.807) is 6.07 Å². The molecule has 0 aliphatic carbocycles. The van der Waals surface area contributed by atoms with Crippen molar-refractivity contribution < 1.29 is 4.42 Å². The molecule has 3 heteroatoms. The largest absolute Gasteiger partial charge is 0.436 e. The maximum atomic E-state index is 5.74. The molecule has 0 fully saturated rings. The van der Waals surface area contributed by atoms with Crippen LogP contribution in [0.2, 0.25) is 0 Å². The number of hydrogen-bond acceptors (Lipinski definition) is 3. The first-order valence-electron chi connectivity index (χ1n) is 5.87. The van der Waals surface area contributed by atoms with Gasteiger partial charge in [-0.1, -0.05) is 6.07 Å². The third-order valence-corrected chi connectivity index (χ3v) is 3.17. The lowest BCUT2D eigenvalue weighted by Crippen LogP contribution is -1.83. The van der Waals surface area contributed by atoms with E-state index < -0.39 is 0 Å². The molecule has 0 unspecified atom stereocenters. The van der Waals surface area contributed by atoms with Gasteiger partial charge in [-0.15, -0.1) is 0 Å². The number of fused-ring (bicyclic) bond motifs is 1. The summed E-state index contributed by atoms with van der Waals surface area (Å²) < 4.78 is 5.74. The molecule has 0 aliphatic rings. The van der Waals surface area contributed by atoms with Crippen LogP contribution in [-0.4, -0.2) is 4.98 Å². The first-order valence-corrected chi connectivity index (χ1v) is 5.87. The average molecular weight is 238 g/mol. The van der Waals surface area contributed by atoms with Crippen LogP contribution in [0.1, 0.15) is 11.1 Å². The first kappa shape index (κ1) is 10.8. The van der Waals surface area contributed by atoms with Crippen molar-refractivity contribution in [2.24, 2.45) is 0 Å². The predicted octanol–water partition coefficient (Wildman–Crippen LogP) is 3.69. The highest BCUT2D eigenvalue weighted by atomic mass is 16.3. The van der Waals surface area contributed by atoms with Crippen LogP contribution in [0.4, 0.5) is 5.69 Å². The quantitative estimate of drug-likeness (QED) is 0.658. The summed E-state index contributed by atoms with van der Waals surface area (Å²) in [5.74, 6) is 0.638. The fourth-order valence-electron chi connectivity index (χ4n) is 1.94. The Balaban J connectivity index is 2.16. The van der Waals surface area contributed by atoms with Crippen LogP contribution < -0.4 is 5.73 Å². The number of rotatable bonds is 1. The third kappa shape index (κ3) is 1.74. The lowest BCUT2D eigenvalue weighted by molar-refractivity contribution is 0.620. The number of hydrogen-bond donors (Lipinski definition) is 1. The van der Waals surface area contributed by atoms with E-state index in [-0.39, 0.29) is 0 Å². The molecule has 3 rings (SSSR count). The Bertz CT molecular complexity index is 728. The van der Waals surface area contributed by atoms with Crippen LogP contribution in [0.25, 0.3) is 22.6 Å². The summed E-state index contributed by atoms with van der Waals surface area (Å²) in [6.45, 7) is 4.17. The van der Waals surface area contributed by atoms with Gasteiger partial charge in [0.15, 0.2) is 5.58 Å². The molecule has 2 aromatic carbocycles. The minimum absolute atomic E-state index is 0.638. The molecule has 0 aliphatic heterocycles. The number of nitrogens with zero attached hydrogens (tertiary/aromatic N) is 1. The summed E-state index contributed by atoms with van der Waals surface area (Å²) in [6.07, 6.45) is 0.